The van der Waals surface area contributed by atoms with E-state index in [2.05, 4.69) is 10.6 Å². The third-order valence-corrected chi connectivity index (χ3v) is 3.46. The summed E-state index contributed by atoms with van der Waals surface area (Å²) >= 11 is 6.05. The summed E-state index contributed by atoms with van der Waals surface area (Å²) < 4.78 is 5.40. The van der Waals surface area contributed by atoms with E-state index in [4.69, 9.17) is 16.3 Å². The van der Waals surface area contributed by atoms with Crippen LogP contribution in [0.4, 0.5) is 11.4 Å². The minimum Gasteiger partial charge on any atom is -0.494 e. The summed E-state index contributed by atoms with van der Waals surface area (Å²) in [6.07, 6.45) is 0. The third kappa shape index (κ3) is 4.67. The number of hydrogen-bond donors (Lipinski definition) is 2. The predicted octanol–water partition coefficient (Wildman–Crippen LogP) is 4.10. The second kappa shape index (κ2) is 7.71. The number of aryl methyl sites for hydroxylation is 1. The highest BCUT2D eigenvalue weighted by molar-refractivity contribution is 6.31. The van der Waals surface area contributed by atoms with E-state index in [-0.39, 0.29) is 12.5 Å². The first-order valence-corrected chi connectivity index (χ1v) is 7.49. The third-order valence-electron chi connectivity index (χ3n) is 3.05. The van der Waals surface area contributed by atoms with Crippen LogP contribution in [0.3, 0.4) is 0 Å². The quantitative estimate of drug-likeness (QED) is 0.843. The molecule has 2 rings (SSSR count). The van der Waals surface area contributed by atoms with Crippen LogP contribution in [0.15, 0.2) is 42.5 Å². The first kappa shape index (κ1) is 16.2. The SMILES string of the molecule is CCOc1cccc(NC(=O)CNc2ccc(C)c(Cl)c2)c1. The lowest BCUT2D eigenvalue weighted by Crippen LogP contribution is -2.21. The molecule has 0 saturated heterocycles. The van der Waals surface area contributed by atoms with Crippen LogP contribution in [0.25, 0.3) is 0 Å². The van der Waals surface area contributed by atoms with Gasteiger partial charge in [0.25, 0.3) is 0 Å². The molecule has 0 unspecified atom stereocenters. The van der Waals surface area contributed by atoms with Gasteiger partial charge in [0.05, 0.1) is 13.2 Å². The molecule has 0 atom stereocenters. The Morgan fingerprint density at radius 1 is 1.18 bits per heavy atom. The number of ether oxygens (including phenoxy) is 1. The summed E-state index contributed by atoms with van der Waals surface area (Å²) in [6, 6.07) is 12.9. The summed E-state index contributed by atoms with van der Waals surface area (Å²) in [5.74, 6) is 0.601. The Labute approximate surface area is 135 Å². The minimum absolute atomic E-state index is 0.134. The van der Waals surface area contributed by atoms with Gasteiger partial charge in [-0.3, -0.25) is 4.79 Å². The standard InChI is InChI=1S/C17H19ClN2O2/c1-3-22-15-6-4-5-14(9-15)20-17(21)11-19-13-8-7-12(2)16(18)10-13/h4-10,19H,3,11H2,1-2H3,(H,20,21). The van der Waals surface area contributed by atoms with Crippen LogP contribution in [0.1, 0.15) is 12.5 Å². The molecule has 0 saturated carbocycles. The van der Waals surface area contributed by atoms with Crippen molar-refractivity contribution in [2.24, 2.45) is 0 Å². The molecule has 0 radical (unpaired) electrons. The number of amides is 1. The summed E-state index contributed by atoms with van der Waals surface area (Å²) in [5, 5.41) is 6.54. The molecule has 116 valence electrons. The van der Waals surface area contributed by atoms with Gasteiger partial charge >= 0.3 is 0 Å². The molecule has 2 aromatic carbocycles. The zero-order valence-electron chi connectivity index (χ0n) is 12.7. The molecule has 0 aliphatic rings. The highest BCUT2D eigenvalue weighted by Gasteiger charge is 2.04. The fourth-order valence-electron chi connectivity index (χ4n) is 1.92. The molecule has 0 heterocycles. The lowest BCUT2D eigenvalue weighted by molar-refractivity contribution is -0.114. The minimum atomic E-state index is -0.134. The second-order valence-electron chi connectivity index (χ2n) is 4.83. The van der Waals surface area contributed by atoms with Crippen molar-refractivity contribution >= 4 is 28.9 Å². The number of carbonyl (C=O) groups is 1. The van der Waals surface area contributed by atoms with E-state index in [0.717, 1.165) is 17.0 Å². The topological polar surface area (TPSA) is 50.4 Å². The van der Waals surface area contributed by atoms with Crippen molar-refractivity contribution in [2.75, 3.05) is 23.8 Å². The van der Waals surface area contributed by atoms with E-state index < -0.39 is 0 Å². The average molecular weight is 319 g/mol. The molecule has 0 spiro atoms. The molecular formula is C17H19ClN2O2. The van der Waals surface area contributed by atoms with Gasteiger partial charge in [-0.25, -0.2) is 0 Å². The van der Waals surface area contributed by atoms with E-state index in [1.165, 1.54) is 0 Å². The zero-order chi connectivity index (χ0) is 15.9. The van der Waals surface area contributed by atoms with Crippen LogP contribution < -0.4 is 15.4 Å². The molecular weight excluding hydrogens is 300 g/mol. The number of anilines is 2. The van der Waals surface area contributed by atoms with Crippen molar-refractivity contribution in [3.05, 3.63) is 53.1 Å². The van der Waals surface area contributed by atoms with Gasteiger partial charge in [0.2, 0.25) is 5.91 Å². The van der Waals surface area contributed by atoms with Gasteiger partial charge in [-0.05, 0) is 43.7 Å². The van der Waals surface area contributed by atoms with Gasteiger partial charge < -0.3 is 15.4 Å². The van der Waals surface area contributed by atoms with Gasteiger partial charge in [0.1, 0.15) is 5.75 Å². The Balaban J connectivity index is 1.90. The number of carbonyl (C=O) groups excluding carboxylic acids is 1. The predicted molar refractivity (Wildman–Crippen MR) is 90.9 cm³/mol. The Hall–Kier alpha value is -2.20. The van der Waals surface area contributed by atoms with E-state index in [0.29, 0.717) is 17.3 Å². The average Bonchev–Trinajstić information content (AvgIpc) is 2.49. The van der Waals surface area contributed by atoms with Gasteiger partial charge in [-0.1, -0.05) is 23.7 Å². The Morgan fingerprint density at radius 3 is 2.73 bits per heavy atom. The Morgan fingerprint density at radius 2 is 2.00 bits per heavy atom. The molecule has 0 bridgehead atoms. The lowest BCUT2D eigenvalue weighted by atomic mass is 10.2. The van der Waals surface area contributed by atoms with Crippen LogP contribution >= 0.6 is 11.6 Å². The summed E-state index contributed by atoms with van der Waals surface area (Å²) in [7, 11) is 0. The van der Waals surface area contributed by atoms with E-state index in [1.807, 2.05) is 44.2 Å². The second-order valence-corrected chi connectivity index (χ2v) is 5.23. The molecule has 0 aliphatic carbocycles. The maximum Gasteiger partial charge on any atom is 0.243 e. The number of nitrogens with one attached hydrogen (secondary N) is 2. The first-order valence-electron chi connectivity index (χ1n) is 7.11. The van der Waals surface area contributed by atoms with Crippen LogP contribution in [0, 0.1) is 6.92 Å². The first-order chi connectivity index (χ1) is 10.6. The summed E-state index contributed by atoms with van der Waals surface area (Å²) in [5.41, 5.74) is 2.53. The van der Waals surface area contributed by atoms with Crippen molar-refractivity contribution in [3.8, 4) is 5.75 Å². The maximum atomic E-state index is 12.0. The molecule has 4 nitrogen and oxygen atoms in total. The summed E-state index contributed by atoms with van der Waals surface area (Å²) in [6.45, 7) is 4.61. The molecule has 2 N–H and O–H groups in total. The number of hydrogen-bond acceptors (Lipinski definition) is 3. The largest absolute Gasteiger partial charge is 0.494 e. The number of benzene rings is 2. The van der Waals surface area contributed by atoms with Gasteiger partial charge in [-0.15, -0.1) is 0 Å². The van der Waals surface area contributed by atoms with Crippen molar-refractivity contribution < 1.29 is 9.53 Å². The Kier molecular flexibility index (Phi) is 5.67. The maximum absolute atomic E-state index is 12.0. The van der Waals surface area contributed by atoms with E-state index in [1.54, 1.807) is 12.1 Å². The molecule has 0 aromatic heterocycles. The fraction of sp³-hybridized carbons (Fsp3) is 0.235. The van der Waals surface area contributed by atoms with Crippen LogP contribution in [-0.4, -0.2) is 19.1 Å². The molecule has 0 fully saturated rings. The monoisotopic (exact) mass is 318 g/mol. The van der Waals surface area contributed by atoms with E-state index in [9.17, 15) is 4.79 Å². The van der Waals surface area contributed by atoms with E-state index >= 15 is 0 Å². The van der Waals surface area contributed by atoms with Crippen LogP contribution in [0.2, 0.25) is 5.02 Å². The molecule has 22 heavy (non-hydrogen) atoms. The van der Waals surface area contributed by atoms with Gasteiger partial charge in [-0.2, -0.15) is 0 Å². The van der Waals surface area contributed by atoms with Crippen molar-refractivity contribution in [1.82, 2.24) is 0 Å². The van der Waals surface area contributed by atoms with Crippen molar-refractivity contribution in [3.63, 3.8) is 0 Å². The number of rotatable bonds is 6. The summed E-state index contributed by atoms with van der Waals surface area (Å²) in [4.78, 5) is 12.0. The normalized spacial score (nSPS) is 10.1. The fourth-order valence-corrected chi connectivity index (χ4v) is 2.10. The molecule has 1 amide bonds. The van der Waals surface area contributed by atoms with Crippen molar-refractivity contribution in [1.29, 1.82) is 0 Å². The Bertz CT molecular complexity index is 659. The lowest BCUT2D eigenvalue weighted by Gasteiger charge is -2.10. The molecule has 2 aromatic rings. The smallest absolute Gasteiger partial charge is 0.243 e. The highest BCUT2D eigenvalue weighted by atomic mass is 35.5. The van der Waals surface area contributed by atoms with Crippen LogP contribution in [-0.2, 0) is 4.79 Å². The number of halogens is 1. The van der Waals surface area contributed by atoms with Crippen LogP contribution in [0.5, 0.6) is 5.75 Å². The molecule has 5 heteroatoms. The van der Waals surface area contributed by atoms with Gasteiger partial charge in [0.15, 0.2) is 0 Å². The highest BCUT2D eigenvalue weighted by Crippen LogP contribution is 2.20. The molecule has 0 aliphatic heterocycles. The zero-order valence-corrected chi connectivity index (χ0v) is 13.4. The van der Waals surface area contributed by atoms with Crippen molar-refractivity contribution in [2.45, 2.75) is 13.8 Å². The van der Waals surface area contributed by atoms with Gasteiger partial charge in [0, 0.05) is 22.5 Å².